The molecular formula is C24H18ClFN6O4. The number of hydrogen-bond acceptors (Lipinski definition) is 7. The second kappa shape index (κ2) is 10.3. The third-order valence-corrected chi connectivity index (χ3v) is 5.61. The highest BCUT2D eigenvalue weighted by molar-refractivity contribution is 6.33. The lowest BCUT2D eigenvalue weighted by atomic mass is 10.1. The molecule has 12 heteroatoms. The van der Waals surface area contributed by atoms with Crippen molar-refractivity contribution in [3.63, 3.8) is 0 Å². The van der Waals surface area contributed by atoms with E-state index in [1.807, 2.05) is 0 Å². The lowest BCUT2D eigenvalue weighted by Gasteiger charge is -2.16. The third kappa shape index (κ3) is 5.03. The van der Waals surface area contributed by atoms with Gasteiger partial charge >= 0.3 is 11.4 Å². The molecule has 0 aliphatic carbocycles. The summed E-state index contributed by atoms with van der Waals surface area (Å²) in [4.78, 5) is 44.9. The number of aromatic nitrogens is 4. The van der Waals surface area contributed by atoms with Gasteiger partial charge in [0.2, 0.25) is 5.95 Å². The number of H-pyrrole nitrogens is 1. The standard InChI is InChI=1S/C24H18ClFN6O4/c1-36-17-5-7-20(18(25)10-17)29-22-30-23(34)32(13-15-3-2-8-28-21(15)33)24(35)31(22)12-14-4-6-19(26)16(9-14)11-27/h2-10H,12-13H2,1H3,(H,28,33)(H,29,30,34). The number of ether oxygens (including phenoxy) is 1. The lowest BCUT2D eigenvalue weighted by molar-refractivity contribution is 0.415. The van der Waals surface area contributed by atoms with Crippen LogP contribution in [0.1, 0.15) is 16.7 Å². The van der Waals surface area contributed by atoms with Crippen molar-refractivity contribution in [1.82, 2.24) is 19.1 Å². The van der Waals surface area contributed by atoms with Crippen LogP contribution >= 0.6 is 11.6 Å². The fraction of sp³-hybridized carbons (Fsp3) is 0.125. The molecule has 0 atom stereocenters. The van der Waals surface area contributed by atoms with Crippen LogP contribution in [0.25, 0.3) is 0 Å². The molecule has 0 saturated carbocycles. The van der Waals surface area contributed by atoms with Gasteiger partial charge in [-0.05, 0) is 35.9 Å². The molecule has 0 amide bonds. The molecule has 4 aromatic rings. The summed E-state index contributed by atoms with van der Waals surface area (Å²) in [5.41, 5.74) is -1.42. The Bertz CT molecular complexity index is 1670. The SMILES string of the molecule is COc1ccc(Nc2nc(=O)n(Cc3ccc[nH]c3=O)c(=O)n2Cc2ccc(F)c(C#N)c2)c(Cl)c1. The van der Waals surface area contributed by atoms with Crippen molar-refractivity contribution in [3.05, 3.63) is 114 Å². The van der Waals surface area contributed by atoms with Crippen LogP contribution in [-0.2, 0) is 13.1 Å². The van der Waals surface area contributed by atoms with Crippen LogP contribution in [0.15, 0.2) is 69.1 Å². The smallest absolute Gasteiger partial charge is 0.355 e. The maximum atomic E-state index is 13.8. The quantitative estimate of drug-likeness (QED) is 0.392. The molecule has 2 aromatic heterocycles. The molecule has 0 aliphatic rings. The number of nitrogens with one attached hydrogen (secondary N) is 2. The van der Waals surface area contributed by atoms with Gasteiger partial charge in [-0.25, -0.2) is 18.5 Å². The van der Waals surface area contributed by atoms with Gasteiger partial charge in [-0.1, -0.05) is 23.7 Å². The fourth-order valence-electron chi connectivity index (χ4n) is 3.44. The van der Waals surface area contributed by atoms with E-state index in [1.165, 1.54) is 37.6 Å². The predicted octanol–water partition coefficient (Wildman–Crippen LogP) is 2.61. The Kier molecular flexibility index (Phi) is 6.98. The topological polar surface area (TPSA) is 135 Å². The maximum Gasteiger partial charge on any atom is 0.355 e. The van der Waals surface area contributed by atoms with Gasteiger partial charge in [-0.2, -0.15) is 10.2 Å². The highest BCUT2D eigenvalue weighted by Crippen LogP contribution is 2.28. The van der Waals surface area contributed by atoms with E-state index in [0.29, 0.717) is 17.0 Å². The summed E-state index contributed by atoms with van der Waals surface area (Å²) in [6, 6.07) is 13.4. The molecular weight excluding hydrogens is 491 g/mol. The minimum absolute atomic E-state index is 0.141. The van der Waals surface area contributed by atoms with Crippen LogP contribution in [0.3, 0.4) is 0 Å². The lowest BCUT2D eigenvalue weighted by Crippen LogP contribution is -2.43. The Morgan fingerprint density at radius 3 is 2.64 bits per heavy atom. The number of nitriles is 1. The first-order valence-electron chi connectivity index (χ1n) is 10.5. The van der Waals surface area contributed by atoms with Gasteiger partial charge in [0.05, 0.1) is 36.5 Å². The first-order valence-corrected chi connectivity index (χ1v) is 10.9. The van der Waals surface area contributed by atoms with Crippen LogP contribution in [0.2, 0.25) is 5.02 Å². The van der Waals surface area contributed by atoms with Crippen molar-refractivity contribution in [3.8, 4) is 11.8 Å². The summed E-state index contributed by atoms with van der Waals surface area (Å²) in [5, 5.41) is 12.3. The van der Waals surface area contributed by atoms with Crippen molar-refractivity contribution >= 4 is 23.2 Å². The van der Waals surface area contributed by atoms with Crippen LogP contribution in [-0.4, -0.2) is 26.2 Å². The maximum absolute atomic E-state index is 13.8. The van der Waals surface area contributed by atoms with E-state index in [-0.39, 0.29) is 35.2 Å². The second-order valence-corrected chi connectivity index (χ2v) is 8.00. The summed E-state index contributed by atoms with van der Waals surface area (Å²) < 4.78 is 20.9. The number of aromatic amines is 1. The van der Waals surface area contributed by atoms with Crippen LogP contribution in [0.4, 0.5) is 16.0 Å². The molecule has 0 unspecified atom stereocenters. The minimum atomic E-state index is -0.900. The fourth-order valence-corrected chi connectivity index (χ4v) is 3.66. The molecule has 2 aromatic carbocycles. The Morgan fingerprint density at radius 2 is 1.94 bits per heavy atom. The van der Waals surface area contributed by atoms with Crippen molar-refractivity contribution in [2.75, 3.05) is 12.4 Å². The van der Waals surface area contributed by atoms with E-state index in [1.54, 1.807) is 24.3 Å². The van der Waals surface area contributed by atoms with Gasteiger partial charge in [0.15, 0.2) is 0 Å². The zero-order valence-corrected chi connectivity index (χ0v) is 19.5. The van der Waals surface area contributed by atoms with Crippen molar-refractivity contribution in [2.45, 2.75) is 13.1 Å². The van der Waals surface area contributed by atoms with E-state index in [2.05, 4.69) is 15.3 Å². The first-order chi connectivity index (χ1) is 17.3. The van der Waals surface area contributed by atoms with Crippen molar-refractivity contribution in [1.29, 1.82) is 5.26 Å². The summed E-state index contributed by atoms with van der Waals surface area (Å²) in [5.74, 6) is -0.351. The monoisotopic (exact) mass is 508 g/mol. The van der Waals surface area contributed by atoms with E-state index >= 15 is 0 Å². The predicted molar refractivity (Wildman–Crippen MR) is 130 cm³/mol. The number of rotatable bonds is 7. The van der Waals surface area contributed by atoms with E-state index in [4.69, 9.17) is 16.3 Å². The molecule has 0 saturated heterocycles. The number of hydrogen-bond donors (Lipinski definition) is 2. The molecule has 0 aliphatic heterocycles. The molecule has 182 valence electrons. The normalized spacial score (nSPS) is 10.6. The van der Waals surface area contributed by atoms with Gasteiger partial charge in [0.25, 0.3) is 5.56 Å². The zero-order valence-electron chi connectivity index (χ0n) is 18.8. The number of anilines is 2. The highest BCUT2D eigenvalue weighted by Gasteiger charge is 2.17. The molecule has 0 spiro atoms. The summed E-state index contributed by atoms with van der Waals surface area (Å²) >= 11 is 6.31. The first kappa shape index (κ1) is 24.4. The van der Waals surface area contributed by atoms with Gasteiger partial charge < -0.3 is 15.0 Å². The van der Waals surface area contributed by atoms with Gasteiger partial charge in [0, 0.05) is 17.8 Å². The minimum Gasteiger partial charge on any atom is -0.497 e. The molecule has 10 nitrogen and oxygen atoms in total. The second-order valence-electron chi connectivity index (χ2n) is 7.59. The van der Waals surface area contributed by atoms with E-state index in [0.717, 1.165) is 15.2 Å². The number of nitrogens with zero attached hydrogens (tertiary/aromatic N) is 4. The van der Waals surface area contributed by atoms with Crippen molar-refractivity contribution in [2.24, 2.45) is 0 Å². The Hall–Kier alpha value is -4.69. The number of benzene rings is 2. The third-order valence-electron chi connectivity index (χ3n) is 5.29. The molecule has 0 radical (unpaired) electrons. The zero-order chi connectivity index (χ0) is 25.8. The van der Waals surface area contributed by atoms with Crippen LogP contribution in [0, 0.1) is 17.1 Å². The molecule has 2 N–H and O–H groups in total. The molecule has 4 rings (SSSR count). The Morgan fingerprint density at radius 1 is 1.14 bits per heavy atom. The average molecular weight is 509 g/mol. The van der Waals surface area contributed by atoms with Crippen LogP contribution < -0.4 is 27.0 Å². The van der Waals surface area contributed by atoms with Gasteiger partial charge in [-0.15, -0.1) is 0 Å². The van der Waals surface area contributed by atoms with Crippen molar-refractivity contribution < 1.29 is 9.13 Å². The molecule has 2 heterocycles. The summed E-state index contributed by atoms with van der Waals surface area (Å²) in [7, 11) is 1.48. The van der Waals surface area contributed by atoms with Gasteiger partial charge in [-0.3, -0.25) is 9.36 Å². The largest absolute Gasteiger partial charge is 0.497 e. The van der Waals surface area contributed by atoms with E-state index in [9.17, 15) is 24.0 Å². The van der Waals surface area contributed by atoms with Crippen LogP contribution in [0.5, 0.6) is 5.75 Å². The number of methoxy groups -OCH3 is 1. The molecule has 0 bridgehead atoms. The molecule has 36 heavy (non-hydrogen) atoms. The molecule has 0 fully saturated rings. The Labute approximate surface area is 207 Å². The number of pyridine rings is 1. The highest BCUT2D eigenvalue weighted by atomic mass is 35.5. The summed E-state index contributed by atoms with van der Waals surface area (Å²) in [6.07, 6.45) is 1.43. The average Bonchev–Trinajstić information content (AvgIpc) is 2.87. The Balaban J connectivity index is 1.84. The van der Waals surface area contributed by atoms with Gasteiger partial charge in [0.1, 0.15) is 17.6 Å². The summed E-state index contributed by atoms with van der Waals surface area (Å²) in [6.45, 7) is -0.487. The van der Waals surface area contributed by atoms with E-state index < -0.39 is 22.8 Å². The number of halogens is 2.